The number of hydrogen-bond donors (Lipinski definition) is 0. The number of hydrogen-bond acceptors (Lipinski definition) is 1. The molecule has 1 heteroatoms. The summed E-state index contributed by atoms with van der Waals surface area (Å²) in [6.07, 6.45) is -0.493. The number of furan rings is 1. The summed E-state index contributed by atoms with van der Waals surface area (Å²) >= 11 is 0. The van der Waals surface area contributed by atoms with Crippen LogP contribution in [-0.4, -0.2) is 0 Å². The van der Waals surface area contributed by atoms with Gasteiger partial charge in [-0.05, 0) is 85.1 Å². The van der Waals surface area contributed by atoms with Crippen LogP contribution in [0.5, 0.6) is 0 Å². The van der Waals surface area contributed by atoms with Crippen molar-refractivity contribution in [2.75, 3.05) is 0 Å². The highest BCUT2D eigenvalue weighted by atomic mass is 16.3. The van der Waals surface area contributed by atoms with Crippen LogP contribution < -0.4 is 0 Å². The lowest BCUT2D eigenvalue weighted by Gasteiger charge is -2.18. The van der Waals surface area contributed by atoms with Crippen molar-refractivity contribution < 1.29 is 22.2 Å². The minimum atomic E-state index is -0.618. The molecule has 0 fully saturated rings. The van der Waals surface area contributed by atoms with Crippen LogP contribution in [0.25, 0.3) is 76.9 Å². The predicted octanol–water partition coefficient (Wildman–Crippen LogP) is 12.5. The van der Waals surface area contributed by atoms with Gasteiger partial charge in [-0.25, -0.2) is 0 Å². The Morgan fingerprint density at radius 1 is 0.457 bits per heavy atom. The van der Waals surface area contributed by atoms with Crippen LogP contribution in [0.3, 0.4) is 0 Å². The van der Waals surface area contributed by atoms with Crippen LogP contribution >= 0.6 is 0 Å². The molecule has 216 valence electrons. The van der Waals surface area contributed by atoms with Gasteiger partial charge in [-0.1, -0.05) is 151 Å². The van der Waals surface area contributed by atoms with E-state index in [1.807, 2.05) is 66.7 Å². The van der Waals surface area contributed by atoms with Gasteiger partial charge in [-0.3, -0.25) is 0 Å². The predicted molar refractivity (Wildman–Crippen MR) is 194 cm³/mol. The fraction of sp³-hybridized carbons (Fsp3) is 0.0222. The van der Waals surface area contributed by atoms with Gasteiger partial charge >= 0.3 is 0 Å². The van der Waals surface area contributed by atoms with Crippen molar-refractivity contribution in [1.29, 1.82) is 0 Å². The lowest BCUT2D eigenvalue weighted by atomic mass is 9.85. The zero-order valence-electron chi connectivity index (χ0n) is 37.3. The summed E-state index contributed by atoms with van der Waals surface area (Å²) in [6, 6.07) is 21.8. The minimum absolute atomic E-state index is 0.0191. The third-order valence-electron chi connectivity index (χ3n) is 8.45. The molecular formula is C45H30O. The van der Waals surface area contributed by atoms with E-state index in [4.69, 9.17) is 16.8 Å². The Morgan fingerprint density at radius 2 is 1.11 bits per heavy atom. The molecule has 1 aromatic heterocycles. The van der Waals surface area contributed by atoms with Gasteiger partial charge in [0.05, 0.1) is 17.8 Å². The molecule has 0 radical (unpaired) electrons. The van der Waals surface area contributed by atoms with E-state index in [9.17, 15) is 5.48 Å². The molecule has 9 aromatic rings. The summed E-state index contributed by atoms with van der Waals surface area (Å²) in [6.45, 7) is 0. The maximum Gasteiger partial charge on any atom is 0.143 e. The quantitative estimate of drug-likeness (QED) is 0.179. The monoisotopic (exact) mass is 599 g/mol. The van der Waals surface area contributed by atoms with Gasteiger partial charge < -0.3 is 4.42 Å². The second-order valence-electron chi connectivity index (χ2n) is 11.1. The Bertz CT molecular complexity index is 3170. The smallest absolute Gasteiger partial charge is 0.143 e. The SMILES string of the molecule is [2H]c1c([2H])c([2H])c(Cc2c3c([2H])c([2H])c([2H])c([2H])c3c(-c3cccc(-c4cccc5c4oc4ccc(-c6ccccc6)cc45)c3)c3c([2H])c([2H])c([2H])c([2H])c23)c([2H])c1[2H]. The van der Waals surface area contributed by atoms with Crippen LogP contribution in [0.15, 0.2) is 174 Å². The lowest BCUT2D eigenvalue weighted by Crippen LogP contribution is -1.95. The molecule has 0 spiro atoms. The summed E-state index contributed by atoms with van der Waals surface area (Å²) in [5, 5.41) is 1.53. The second kappa shape index (κ2) is 10.9. The van der Waals surface area contributed by atoms with E-state index in [0.29, 0.717) is 22.3 Å². The minimum Gasteiger partial charge on any atom is -0.455 e. The fourth-order valence-corrected chi connectivity index (χ4v) is 6.39. The van der Waals surface area contributed by atoms with Gasteiger partial charge in [0, 0.05) is 16.3 Å². The number of para-hydroxylation sites is 1. The van der Waals surface area contributed by atoms with Crippen LogP contribution in [0.4, 0.5) is 0 Å². The van der Waals surface area contributed by atoms with Crippen molar-refractivity contribution in [3.8, 4) is 33.4 Å². The molecule has 0 aliphatic heterocycles. The summed E-state index contributed by atoms with van der Waals surface area (Å²) in [5.74, 6) is 0. The highest BCUT2D eigenvalue weighted by Gasteiger charge is 2.18. The van der Waals surface area contributed by atoms with E-state index >= 15 is 0 Å². The normalized spacial score (nSPS) is 15.5. The second-order valence-corrected chi connectivity index (χ2v) is 11.1. The molecule has 0 bridgehead atoms. The molecule has 0 aliphatic carbocycles. The van der Waals surface area contributed by atoms with E-state index < -0.39 is 85.0 Å². The largest absolute Gasteiger partial charge is 0.455 e. The molecule has 46 heavy (non-hydrogen) atoms. The molecule has 0 aliphatic rings. The van der Waals surface area contributed by atoms with E-state index in [1.165, 1.54) is 0 Å². The topological polar surface area (TPSA) is 13.1 Å². The third-order valence-corrected chi connectivity index (χ3v) is 8.45. The van der Waals surface area contributed by atoms with Crippen molar-refractivity contribution >= 4 is 43.5 Å². The van der Waals surface area contributed by atoms with Crippen molar-refractivity contribution in [2.45, 2.75) is 6.42 Å². The van der Waals surface area contributed by atoms with Crippen LogP contribution in [0, 0.1) is 0 Å². The summed E-state index contributed by atoms with van der Waals surface area (Å²) in [4.78, 5) is 0. The first kappa shape index (κ1) is 16.4. The maximum absolute atomic E-state index is 9.28. The summed E-state index contributed by atoms with van der Waals surface area (Å²) in [5.41, 5.74) is 5.07. The Kier molecular flexibility index (Phi) is 3.89. The molecular weight excluding hydrogens is 556 g/mol. The van der Waals surface area contributed by atoms with Gasteiger partial charge in [0.2, 0.25) is 0 Å². The first-order valence-electron chi connectivity index (χ1n) is 21.3. The van der Waals surface area contributed by atoms with Crippen LogP contribution in [-0.2, 0) is 6.42 Å². The lowest BCUT2D eigenvalue weighted by molar-refractivity contribution is 0.670. The van der Waals surface area contributed by atoms with E-state index in [-0.39, 0.29) is 38.2 Å². The summed E-state index contributed by atoms with van der Waals surface area (Å²) < 4.78 is 120. The van der Waals surface area contributed by atoms with E-state index in [2.05, 4.69) is 6.07 Å². The molecule has 0 saturated carbocycles. The zero-order valence-corrected chi connectivity index (χ0v) is 24.3. The third kappa shape index (κ3) is 4.40. The number of rotatable bonds is 5. The van der Waals surface area contributed by atoms with Gasteiger partial charge in [-0.15, -0.1) is 0 Å². The van der Waals surface area contributed by atoms with E-state index in [0.717, 1.165) is 27.5 Å². The van der Waals surface area contributed by atoms with Gasteiger partial charge in [0.25, 0.3) is 0 Å². The molecule has 0 saturated heterocycles. The maximum atomic E-state index is 9.28. The standard InChI is InChI=1S/C45H30O/c1-3-13-30(14-4-1)27-41-36-19-7-9-21-38(36)44(39-22-10-8-20-37(39)41)34-18-11-17-33(28-34)35-23-12-24-40-42-29-32(31-15-5-2-6-16-31)25-26-43(42)46-45(35)40/h1-26,28-29H,27H2/i1D,3D,4D,7D,8D,9D,10D,13D,14D,19D,20D,21D,22D. The Balaban J connectivity index is 1.36. The zero-order chi connectivity index (χ0) is 41.8. The first-order chi connectivity index (χ1) is 28.2. The van der Waals surface area contributed by atoms with Crippen LogP contribution in [0.2, 0.25) is 0 Å². The van der Waals surface area contributed by atoms with Crippen LogP contribution in [0.1, 0.15) is 28.9 Å². The Hall–Kier alpha value is -5.92. The average molecular weight is 600 g/mol. The van der Waals surface area contributed by atoms with E-state index in [1.54, 1.807) is 18.2 Å². The molecule has 0 amide bonds. The fourth-order valence-electron chi connectivity index (χ4n) is 6.39. The number of fused-ring (bicyclic) bond motifs is 5. The molecule has 1 heterocycles. The highest BCUT2D eigenvalue weighted by Crippen LogP contribution is 2.43. The van der Waals surface area contributed by atoms with Crippen molar-refractivity contribution in [3.63, 3.8) is 0 Å². The molecule has 0 atom stereocenters. The molecule has 8 aromatic carbocycles. The summed E-state index contributed by atoms with van der Waals surface area (Å²) in [7, 11) is 0. The number of benzene rings is 8. The molecule has 0 unspecified atom stereocenters. The Labute approximate surface area is 286 Å². The van der Waals surface area contributed by atoms with Crippen molar-refractivity contribution in [3.05, 3.63) is 181 Å². The Morgan fingerprint density at radius 3 is 1.87 bits per heavy atom. The first-order valence-corrected chi connectivity index (χ1v) is 14.8. The van der Waals surface area contributed by atoms with Gasteiger partial charge in [0.15, 0.2) is 0 Å². The highest BCUT2D eigenvalue weighted by molar-refractivity contribution is 6.16. The van der Waals surface area contributed by atoms with Gasteiger partial charge in [0.1, 0.15) is 11.2 Å². The molecule has 1 nitrogen and oxygen atoms in total. The molecule has 9 rings (SSSR count). The van der Waals surface area contributed by atoms with Crippen molar-refractivity contribution in [2.24, 2.45) is 0 Å². The van der Waals surface area contributed by atoms with Crippen molar-refractivity contribution in [1.82, 2.24) is 0 Å². The average Bonchev–Trinajstić information content (AvgIpc) is 3.64. The van der Waals surface area contributed by atoms with Gasteiger partial charge in [-0.2, -0.15) is 0 Å². The molecule has 0 N–H and O–H groups in total.